The van der Waals surface area contributed by atoms with Gasteiger partial charge < -0.3 is 9.64 Å². The van der Waals surface area contributed by atoms with E-state index in [-0.39, 0.29) is 30.2 Å². The Kier molecular flexibility index (Phi) is 4.40. The average Bonchev–Trinajstić information content (AvgIpc) is 3.12. The lowest BCUT2D eigenvalue weighted by Gasteiger charge is -2.32. The molecule has 2 saturated heterocycles. The Bertz CT molecular complexity index is 886. The number of fused-ring (bicyclic) bond motifs is 1. The van der Waals surface area contributed by atoms with Crippen molar-refractivity contribution in [3.05, 3.63) is 60.3 Å². The molecule has 7 heteroatoms. The molecule has 3 atom stereocenters. The molecule has 4 rings (SSSR count). The molecule has 0 aliphatic carbocycles. The number of amides is 1. The maximum Gasteiger partial charge on any atom is 0.253 e. The number of likely N-dealkylation sites (tertiary alicyclic amines) is 1. The monoisotopic (exact) mass is 372 g/mol. The van der Waals surface area contributed by atoms with Crippen LogP contribution < -0.4 is 4.74 Å². The first kappa shape index (κ1) is 17.0. The highest BCUT2D eigenvalue weighted by Crippen LogP contribution is 2.35. The molecule has 2 aliphatic heterocycles. The molecule has 0 saturated carbocycles. The average molecular weight is 372 g/mol. The van der Waals surface area contributed by atoms with E-state index in [0.717, 1.165) is 0 Å². The largest absolute Gasteiger partial charge is 0.474 e. The summed E-state index contributed by atoms with van der Waals surface area (Å²) in [6.45, 7) is 0.609. The lowest BCUT2D eigenvalue weighted by molar-refractivity contribution is 0.0760. The minimum Gasteiger partial charge on any atom is -0.474 e. The number of aromatic nitrogens is 1. The summed E-state index contributed by atoms with van der Waals surface area (Å²) in [6.07, 6.45) is 1.81. The SMILES string of the molecule is O=C(c1ccccc1)N1C[C@@H]2[C@H](Oc3ccccn3)CCS(=O)(=O)[C@H]2C1. The molecular weight excluding hydrogens is 352 g/mol. The van der Waals surface area contributed by atoms with Gasteiger partial charge in [0.1, 0.15) is 6.10 Å². The van der Waals surface area contributed by atoms with Crippen LogP contribution in [0.5, 0.6) is 5.88 Å². The third-order valence-corrected chi connectivity index (χ3v) is 7.38. The van der Waals surface area contributed by atoms with E-state index in [4.69, 9.17) is 4.74 Å². The van der Waals surface area contributed by atoms with Crippen molar-refractivity contribution in [1.29, 1.82) is 0 Å². The van der Waals surface area contributed by atoms with Crippen LogP contribution in [-0.2, 0) is 9.84 Å². The number of sulfone groups is 1. The summed E-state index contributed by atoms with van der Waals surface area (Å²) < 4.78 is 31.1. The zero-order valence-corrected chi connectivity index (χ0v) is 15.0. The van der Waals surface area contributed by atoms with Gasteiger partial charge in [0.2, 0.25) is 5.88 Å². The van der Waals surface area contributed by atoms with Crippen LogP contribution in [0.2, 0.25) is 0 Å². The highest BCUT2D eigenvalue weighted by molar-refractivity contribution is 7.92. The predicted octanol–water partition coefficient (Wildman–Crippen LogP) is 1.79. The van der Waals surface area contributed by atoms with E-state index in [1.807, 2.05) is 12.1 Å². The first-order valence-electron chi connectivity index (χ1n) is 8.68. The number of carbonyl (C=O) groups excluding carboxylic acids is 1. The summed E-state index contributed by atoms with van der Waals surface area (Å²) in [5, 5.41) is -0.572. The zero-order chi connectivity index (χ0) is 18.1. The van der Waals surface area contributed by atoms with Crippen LogP contribution in [0.15, 0.2) is 54.7 Å². The molecule has 1 aromatic carbocycles. The molecule has 2 aliphatic rings. The lowest BCUT2D eigenvalue weighted by atomic mass is 9.98. The second-order valence-electron chi connectivity index (χ2n) is 6.76. The van der Waals surface area contributed by atoms with E-state index in [0.29, 0.717) is 24.4 Å². The molecule has 0 radical (unpaired) electrons. The van der Waals surface area contributed by atoms with Gasteiger partial charge in [0.15, 0.2) is 9.84 Å². The number of rotatable bonds is 3. The fourth-order valence-electron chi connectivity index (χ4n) is 3.83. The van der Waals surface area contributed by atoms with Gasteiger partial charge in [0, 0.05) is 36.8 Å². The smallest absolute Gasteiger partial charge is 0.253 e. The van der Waals surface area contributed by atoms with Crippen molar-refractivity contribution < 1.29 is 17.9 Å². The molecule has 136 valence electrons. The van der Waals surface area contributed by atoms with Gasteiger partial charge in [-0.1, -0.05) is 24.3 Å². The summed E-state index contributed by atoms with van der Waals surface area (Å²) in [4.78, 5) is 18.6. The van der Waals surface area contributed by atoms with Crippen molar-refractivity contribution in [2.45, 2.75) is 17.8 Å². The second kappa shape index (κ2) is 6.72. The minimum atomic E-state index is -3.23. The molecule has 2 aromatic rings. The van der Waals surface area contributed by atoms with Gasteiger partial charge in [-0.25, -0.2) is 13.4 Å². The normalized spacial score (nSPS) is 26.9. The van der Waals surface area contributed by atoms with Gasteiger partial charge in [-0.15, -0.1) is 0 Å². The first-order valence-corrected chi connectivity index (χ1v) is 10.4. The van der Waals surface area contributed by atoms with E-state index in [1.165, 1.54) is 0 Å². The van der Waals surface area contributed by atoms with Crippen molar-refractivity contribution >= 4 is 15.7 Å². The fraction of sp³-hybridized carbons (Fsp3) is 0.368. The Morgan fingerprint density at radius 3 is 2.58 bits per heavy atom. The highest BCUT2D eigenvalue weighted by Gasteiger charge is 2.50. The Morgan fingerprint density at radius 1 is 1.08 bits per heavy atom. The van der Waals surface area contributed by atoms with Gasteiger partial charge in [-0.3, -0.25) is 4.79 Å². The summed E-state index contributed by atoms with van der Waals surface area (Å²) in [7, 11) is -3.23. The Morgan fingerprint density at radius 2 is 1.85 bits per heavy atom. The van der Waals surface area contributed by atoms with E-state index in [9.17, 15) is 13.2 Å². The molecule has 26 heavy (non-hydrogen) atoms. The lowest BCUT2D eigenvalue weighted by Crippen LogP contribution is -2.46. The summed E-state index contributed by atoms with van der Waals surface area (Å²) in [5.41, 5.74) is 0.575. The second-order valence-corrected chi connectivity index (χ2v) is 9.10. The number of hydrogen-bond acceptors (Lipinski definition) is 5. The van der Waals surface area contributed by atoms with Gasteiger partial charge in [-0.05, 0) is 24.6 Å². The molecule has 0 bridgehead atoms. The number of pyridine rings is 1. The first-order chi connectivity index (χ1) is 12.5. The van der Waals surface area contributed by atoms with Crippen molar-refractivity contribution in [3.8, 4) is 5.88 Å². The third-order valence-electron chi connectivity index (χ3n) is 5.15. The molecule has 3 heterocycles. The maximum atomic E-state index is 12.7. The zero-order valence-electron chi connectivity index (χ0n) is 14.2. The van der Waals surface area contributed by atoms with Crippen LogP contribution in [0.25, 0.3) is 0 Å². The van der Waals surface area contributed by atoms with Gasteiger partial charge in [0.25, 0.3) is 5.91 Å². The standard InChI is InChI=1S/C19H20N2O4S/c22-19(14-6-2-1-3-7-14)21-12-15-16(25-18-8-4-5-10-20-18)9-11-26(23,24)17(15)13-21/h1-8,10,15-17H,9,11-13H2/t15-,16-,17+/m1/s1. The predicted molar refractivity (Wildman–Crippen MR) is 96.7 cm³/mol. The van der Waals surface area contributed by atoms with Gasteiger partial charge in [0.05, 0.1) is 11.0 Å². The van der Waals surface area contributed by atoms with Crippen molar-refractivity contribution in [2.24, 2.45) is 5.92 Å². The summed E-state index contributed by atoms with van der Waals surface area (Å²) in [5.74, 6) is 0.206. The van der Waals surface area contributed by atoms with Crippen molar-refractivity contribution in [3.63, 3.8) is 0 Å². The molecule has 0 spiro atoms. The number of ether oxygens (including phenoxy) is 1. The molecule has 2 fully saturated rings. The van der Waals surface area contributed by atoms with Crippen molar-refractivity contribution in [1.82, 2.24) is 9.88 Å². The van der Waals surface area contributed by atoms with E-state index < -0.39 is 15.1 Å². The molecular formula is C19H20N2O4S. The van der Waals surface area contributed by atoms with Crippen LogP contribution >= 0.6 is 0 Å². The number of carbonyl (C=O) groups is 1. The number of nitrogens with zero attached hydrogens (tertiary/aromatic N) is 2. The molecule has 1 aromatic heterocycles. The topological polar surface area (TPSA) is 76.6 Å². The van der Waals surface area contributed by atoms with Crippen LogP contribution in [0.3, 0.4) is 0 Å². The molecule has 0 N–H and O–H groups in total. The number of hydrogen-bond donors (Lipinski definition) is 0. The third kappa shape index (κ3) is 3.19. The summed E-state index contributed by atoms with van der Waals surface area (Å²) in [6, 6.07) is 14.4. The van der Waals surface area contributed by atoms with Crippen LogP contribution in [0.1, 0.15) is 16.8 Å². The van der Waals surface area contributed by atoms with Crippen LogP contribution in [0.4, 0.5) is 0 Å². The van der Waals surface area contributed by atoms with Crippen LogP contribution in [0, 0.1) is 5.92 Å². The van der Waals surface area contributed by atoms with Gasteiger partial charge >= 0.3 is 0 Å². The van der Waals surface area contributed by atoms with Crippen molar-refractivity contribution in [2.75, 3.05) is 18.8 Å². The quantitative estimate of drug-likeness (QED) is 0.821. The Balaban J connectivity index is 1.56. The van der Waals surface area contributed by atoms with E-state index in [2.05, 4.69) is 4.98 Å². The summed E-state index contributed by atoms with van der Waals surface area (Å²) >= 11 is 0. The Hall–Kier alpha value is -2.41. The number of benzene rings is 1. The molecule has 6 nitrogen and oxygen atoms in total. The highest BCUT2D eigenvalue weighted by atomic mass is 32.2. The Labute approximate surface area is 152 Å². The molecule has 1 amide bonds. The molecule has 0 unspecified atom stereocenters. The van der Waals surface area contributed by atoms with Crippen LogP contribution in [-0.4, -0.2) is 54.4 Å². The minimum absolute atomic E-state index is 0.0824. The van der Waals surface area contributed by atoms with E-state index in [1.54, 1.807) is 47.5 Å². The van der Waals surface area contributed by atoms with Gasteiger partial charge in [-0.2, -0.15) is 0 Å². The maximum absolute atomic E-state index is 12.7. The van der Waals surface area contributed by atoms with E-state index >= 15 is 0 Å². The fourth-order valence-corrected chi connectivity index (χ4v) is 5.89.